The molecule has 7 heteroatoms. The second-order valence-electron chi connectivity index (χ2n) is 7.74. The van der Waals surface area contributed by atoms with Crippen molar-refractivity contribution in [3.63, 3.8) is 0 Å². The highest BCUT2D eigenvalue weighted by atomic mass is 32.2. The molecule has 1 amide bonds. The van der Waals surface area contributed by atoms with Gasteiger partial charge in [-0.3, -0.25) is 4.79 Å². The molecule has 0 unspecified atom stereocenters. The number of benzene rings is 1. The van der Waals surface area contributed by atoms with E-state index in [1.165, 1.54) is 11.1 Å². The van der Waals surface area contributed by atoms with Crippen LogP contribution in [-0.2, 0) is 17.8 Å². The normalized spacial score (nSPS) is 11.4. The van der Waals surface area contributed by atoms with Crippen LogP contribution in [0.1, 0.15) is 57.0 Å². The molecular formula is C21H32N4O2S. The van der Waals surface area contributed by atoms with Gasteiger partial charge in [-0.05, 0) is 42.0 Å². The fourth-order valence-corrected chi connectivity index (χ4v) is 3.86. The molecule has 2 rings (SSSR count). The molecule has 154 valence electrons. The molecule has 0 saturated carbocycles. The lowest BCUT2D eigenvalue weighted by Gasteiger charge is -2.13. The van der Waals surface area contributed by atoms with Gasteiger partial charge in [0, 0.05) is 25.1 Å². The van der Waals surface area contributed by atoms with Crippen LogP contribution in [0, 0.1) is 12.8 Å². The van der Waals surface area contributed by atoms with Crippen LogP contribution in [0.15, 0.2) is 23.4 Å². The molecule has 6 nitrogen and oxygen atoms in total. The summed E-state index contributed by atoms with van der Waals surface area (Å²) in [7, 11) is 0. The molecular weight excluding hydrogens is 372 g/mol. The van der Waals surface area contributed by atoms with Crippen molar-refractivity contribution in [2.24, 2.45) is 11.7 Å². The molecule has 1 heterocycles. The minimum atomic E-state index is -0.319. The zero-order valence-corrected chi connectivity index (χ0v) is 18.4. The maximum atomic E-state index is 11.1. The summed E-state index contributed by atoms with van der Waals surface area (Å²) in [5, 5.41) is 9.43. The van der Waals surface area contributed by atoms with Crippen molar-refractivity contribution in [2.75, 3.05) is 12.4 Å². The minimum Gasteiger partial charge on any atom is -0.493 e. The number of thioether (sulfide) groups is 1. The molecule has 0 bridgehead atoms. The van der Waals surface area contributed by atoms with E-state index in [4.69, 9.17) is 10.5 Å². The summed E-state index contributed by atoms with van der Waals surface area (Å²) >= 11 is 1.62. The maximum absolute atomic E-state index is 11.1. The quantitative estimate of drug-likeness (QED) is 0.453. The molecule has 0 saturated heterocycles. The third-order valence-electron chi connectivity index (χ3n) is 4.38. The Bertz CT molecular complexity index is 787. The van der Waals surface area contributed by atoms with E-state index in [1.807, 2.05) is 6.07 Å². The SMILES string of the molecule is Cc1cc(OCCSc2nnc(CCC(N)=O)n2CC(C)C)ccc1C(C)C. The molecule has 2 N–H and O–H groups in total. The predicted octanol–water partition coefficient (Wildman–Crippen LogP) is 3.95. The van der Waals surface area contributed by atoms with Gasteiger partial charge in [0.15, 0.2) is 5.16 Å². The molecule has 0 fully saturated rings. The summed E-state index contributed by atoms with van der Waals surface area (Å²) in [5.41, 5.74) is 7.88. The zero-order chi connectivity index (χ0) is 20.7. The van der Waals surface area contributed by atoms with Crippen molar-refractivity contribution < 1.29 is 9.53 Å². The smallest absolute Gasteiger partial charge is 0.217 e. The first kappa shape index (κ1) is 22.3. The summed E-state index contributed by atoms with van der Waals surface area (Å²) in [6.45, 7) is 12.2. The molecule has 0 radical (unpaired) electrons. The van der Waals surface area contributed by atoms with E-state index in [9.17, 15) is 4.79 Å². The average Bonchev–Trinajstić information content (AvgIpc) is 2.97. The average molecular weight is 405 g/mol. The topological polar surface area (TPSA) is 83.0 Å². The molecule has 1 aromatic heterocycles. The van der Waals surface area contributed by atoms with E-state index >= 15 is 0 Å². The van der Waals surface area contributed by atoms with Gasteiger partial charge in [0.05, 0.1) is 6.61 Å². The third kappa shape index (κ3) is 6.55. The number of aromatic nitrogens is 3. The van der Waals surface area contributed by atoms with Gasteiger partial charge in [-0.25, -0.2) is 0 Å². The summed E-state index contributed by atoms with van der Waals surface area (Å²) in [6.07, 6.45) is 0.809. The highest BCUT2D eigenvalue weighted by Crippen LogP contribution is 2.24. The molecule has 0 aliphatic heterocycles. The number of rotatable bonds is 11. The standard InChI is InChI=1S/C21H32N4O2S/c1-14(2)13-25-20(9-8-19(22)26)23-24-21(25)28-11-10-27-17-6-7-18(15(3)4)16(5)12-17/h6-7,12,14-15H,8-11,13H2,1-5H3,(H2,22,26). The lowest BCUT2D eigenvalue weighted by atomic mass is 9.98. The van der Waals surface area contributed by atoms with Gasteiger partial charge < -0.3 is 15.0 Å². The van der Waals surface area contributed by atoms with Crippen LogP contribution in [0.3, 0.4) is 0 Å². The van der Waals surface area contributed by atoms with Crippen molar-refractivity contribution >= 4 is 17.7 Å². The Labute approximate surface area is 172 Å². The summed E-state index contributed by atoms with van der Waals surface area (Å²) in [4.78, 5) is 11.1. The van der Waals surface area contributed by atoms with Crippen molar-refractivity contribution in [1.82, 2.24) is 14.8 Å². The number of nitrogens with zero attached hydrogens (tertiary/aromatic N) is 3. The number of hydrogen-bond acceptors (Lipinski definition) is 5. The lowest BCUT2D eigenvalue weighted by molar-refractivity contribution is -0.118. The van der Waals surface area contributed by atoms with Crippen LogP contribution < -0.4 is 10.5 Å². The fourth-order valence-electron chi connectivity index (χ4n) is 3.07. The number of nitrogens with two attached hydrogens (primary N) is 1. The van der Waals surface area contributed by atoms with Gasteiger partial charge in [-0.1, -0.05) is 45.5 Å². The van der Waals surface area contributed by atoms with Crippen molar-refractivity contribution in [1.29, 1.82) is 0 Å². The number of hydrogen-bond donors (Lipinski definition) is 1. The van der Waals surface area contributed by atoms with Crippen LogP contribution in [-0.4, -0.2) is 33.0 Å². The van der Waals surface area contributed by atoms with Gasteiger partial charge in [-0.15, -0.1) is 10.2 Å². The number of carbonyl (C=O) groups excluding carboxylic acids is 1. The van der Waals surface area contributed by atoms with Gasteiger partial charge in [0.25, 0.3) is 0 Å². The second-order valence-corrected chi connectivity index (χ2v) is 8.80. The summed E-state index contributed by atoms with van der Waals surface area (Å²) < 4.78 is 8.01. The lowest BCUT2D eigenvalue weighted by Crippen LogP contribution is -2.15. The van der Waals surface area contributed by atoms with E-state index in [1.54, 1.807) is 11.8 Å². The molecule has 0 aliphatic carbocycles. The Morgan fingerprint density at radius 3 is 2.61 bits per heavy atom. The second kappa shape index (κ2) is 10.5. The van der Waals surface area contributed by atoms with E-state index in [0.29, 0.717) is 24.9 Å². The number of ether oxygens (including phenoxy) is 1. The summed E-state index contributed by atoms with van der Waals surface area (Å²) in [6, 6.07) is 6.28. The van der Waals surface area contributed by atoms with Gasteiger partial charge in [0.2, 0.25) is 5.91 Å². The molecule has 28 heavy (non-hydrogen) atoms. The highest BCUT2D eigenvalue weighted by Gasteiger charge is 2.14. The van der Waals surface area contributed by atoms with E-state index < -0.39 is 0 Å². The highest BCUT2D eigenvalue weighted by molar-refractivity contribution is 7.99. The monoisotopic (exact) mass is 404 g/mol. The summed E-state index contributed by atoms with van der Waals surface area (Å²) in [5.74, 6) is 3.14. The molecule has 0 aliphatic rings. The number of amides is 1. The zero-order valence-electron chi connectivity index (χ0n) is 17.6. The molecule has 2 aromatic rings. The van der Waals surface area contributed by atoms with Crippen molar-refractivity contribution in [2.45, 2.75) is 65.1 Å². The maximum Gasteiger partial charge on any atom is 0.217 e. The van der Waals surface area contributed by atoms with Crippen molar-refractivity contribution in [3.05, 3.63) is 35.2 Å². The first-order chi connectivity index (χ1) is 13.3. The van der Waals surface area contributed by atoms with Crippen molar-refractivity contribution in [3.8, 4) is 5.75 Å². The Kier molecular flexibility index (Phi) is 8.35. The third-order valence-corrected chi connectivity index (χ3v) is 5.31. The Morgan fingerprint density at radius 2 is 2.00 bits per heavy atom. The van der Waals surface area contributed by atoms with E-state index in [2.05, 4.69) is 61.5 Å². The van der Waals surface area contributed by atoms with Crippen LogP contribution in [0.4, 0.5) is 0 Å². The molecule has 0 atom stereocenters. The number of primary amides is 1. The first-order valence-corrected chi connectivity index (χ1v) is 10.8. The number of aryl methyl sites for hydroxylation is 2. The van der Waals surface area contributed by atoms with Crippen LogP contribution in [0.5, 0.6) is 5.75 Å². The molecule has 0 spiro atoms. The van der Waals surface area contributed by atoms with Gasteiger partial charge in [-0.2, -0.15) is 0 Å². The van der Waals surface area contributed by atoms with Crippen LogP contribution in [0.25, 0.3) is 0 Å². The Balaban J connectivity index is 1.93. The van der Waals surface area contributed by atoms with Gasteiger partial charge >= 0.3 is 0 Å². The molecule has 1 aromatic carbocycles. The van der Waals surface area contributed by atoms with Crippen LogP contribution >= 0.6 is 11.8 Å². The van der Waals surface area contributed by atoms with Gasteiger partial charge in [0.1, 0.15) is 11.6 Å². The largest absolute Gasteiger partial charge is 0.493 e. The predicted molar refractivity (Wildman–Crippen MR) is 114 cm³/mol. The fraction of sp³-hybridized carbons (Fsp3) is 0.571. The van der Waals surface area contributed by atoms with Crippen LogP contribution in [0.2, 0.25) is 0 Å². The van der Waals surface area contributed by atoms with E-state index in [0.717, 1.165) is 29.0 Å². The Morgan fingerprint density at radius 1 is 1.25 bits per heavy atom. The Hall–Kier alpha value is -2.02. The first-order valence-electron chi connectivity index (χ1n) is 9.84. The number of carbonyl (C=O) groups is 1. The minimum absolute atomic E-state index is 0.287. The van der Waals surface area contributed by atoms with E-state index in [-0.39, 0.29) is 12.3 Å².